The summed E-state index contributed by atoms with van der Waals surface area (Å²) in [6.45, 7) is 0.450. The summed E-state index contributed by atoms with van der Waals surface area (Å²) in [5, 5.41) is 4.94. The summed E-state index contributed by atoms with van der Waals surface area (Å²) in [5.41, 5.74) is 1.64. The number of para-hydroxylation sites is 2. The van der Waals surface area contributed by atoms with E-state index in [1.54, 1.807) is 31.2 Å². The number of fused-ring (bicyclic) bond motifs is 2. The molecule has 0 saturated carbocycles. The normalized spacial score (nSPS) is 15.2. The summed E-state index contributed by atoms with van der Waals surface area (Å²) in [6.07, 6.45) is -0.842. The van der Waals surface area contributed by atoms with Crippen LogP contribution >= 0.6 is 0 Å². The number of carbonyl (C=O) groups excluding carboxylic acids is 2. The van der Waals surface area contributed by atoms with Crippen LogP contribution in [0.25, 0.3) is 10.8 Å². The first-order valence-corrected chi connectivity index (χ1v) is 9.40. The predicted octanol–water partition coefficient (Wildman–Crippen LogP) is 3.60. The van der Waals surface area contributed by atoms with E-state index in [2.05, 4.69) is 11.4 Å². The molecule has 0 saturated heterocycles. The number of carbonyl (C=O) groups is 2. The Hall–Kier alpha value is -3.54. The van der Waals surface area contributed by atoms with Crippen LogP contribution in [0.4, 0.5) is 5.69 Å². The maximum Gasteiger partial charge on any atom is 0.266 e. The molecular weight excluding hydrogens is 368 g/mol. The summed E-state index contributed by atoms with van der Waals surface area (Å²) in [4.78, 5) is 26.5. The SMILES string of the molecule is COc1ccc2cc(CN(C)C(=O)C[C@H]3Oc4ccccc4NC3=O)ccc2c1. The molecule has 1 atom stereocenters. The van der Waals surface area contributed by atoms with Crippen LogP contribution in [-0.4, -0.2) is 37.0 Å². The molecule has 0 radical (unpaired) electrons. The average Bonchev–Trinajstić information content (AvgIpc) is 2.73. The molecular formula is C23H22N2O4. The zero-order valence-corrected chi connectivity index (χ0v) is 16.3. The number of hydrogen-bond donors (Lipinski definition) is 1. The van der Waals surface area contributed by atoms with Gasteiger partial charge < -0.3 is 19.7 Å². The Labute approximate surface area is 169 Å². The van der Waals surface area contributed by atoms with E-state index in [1.807, 2.05) is 42.5 Å². The molecule has 1 N–H and O–H groups in total. The van der Waals surface area contributed by atoms with Gasteiger partial charge in [0, 0.05) is 13.6 Å². The summed E-state index contributed by atoms with van der Waals surface area (Å²) >= 11 is 0. The summed E-state index contributed by atoms with van der Waals surface area (Å²) in [7, 11) is 3.38. The predicted molar refractivity (Wildman–Crippen MR) is 111 cm³/mol. The lowest BCUT2D eigenvalue weighted by Crippen LogP contribution is -2.41. The number of nitrogens with one attached hydrogen (secondary N) is 1. The fraction of sp³-hybridized carbons (Fsp3) is 0.217. The van der Waals surface area contributed by atoms with Gasteiger partial charge >= 0.3 is 0 Å². The molecule has 4 rings (SSSR count). The topological polar surface area (TPSA) is 67.9 Å². The molecule has 6 nitrogen and oxygen atoms in total. The highest BCUT2D eigenvalue weighted by molar-refractivity contribution is 5.99. The minimum absolute atomic E-state index is 0.0125. The molecule has 29 heavy (non-hydrogen) atoms. The molecule has 148 valence electrons. The highest BCUT2D eigenvalue weighted by Gasteiger charge is 2.30. The third kappa shape index (κ3) is 4.01. The van der Waals surface area contributed by atoms with E-state index in [0.717, 1.165) is 22.1 Å². The first kappa shape index (κ1) is 18.8. The van der Waals surface area contributed by atoms with E-state index in [0.29, 0.717) is 18.0 Å². The first-order chi connectivity index (χ1) is 14.0. The van der Waals surface area contributed by atoms with Gasteiger partial charge in [-0.05, 0) is 46.7 Å². The van der Waals surface area contributed by atoms with E-state index in [4.69, 9.17) is 9.47 Å². The molecule has 1 aliphatic heterocycles. The van der Waals surface area contributed by atoms with Crippen molar-refractivity contribution in [1.82, 2.24) is 4.90 Å². The van der Waals surface area contributed by atoms with Gasteiger partial charge in [0.25, 0.3) is 5.91 Å². The van der Waals surface area contributed by atoms with Crippen molar-refractivity contribution in [1.29, 1.82) is 0 Å². The molecule has 1 aliphatic rings. The highest BCUT2D eigenvalue weighted by Crippen LogP contribution is 2.30. The Morgan fingerprint density at radius 2 is 1.86 bits per heavy atom. The molecule has 3 aromatic carbocycles. The quantitative estimate of drug-likeness (QED) is 0.723. The number of ether oxygens (including phenoxy) is 2. The lowest BCUT2D eigenvalue weighted by Gasteiger charge is -2.27. The van der Waals surface area contributed by atoms with Crippen molar-refractivity contribution in [3.05, 3.63) is 66.2 Å². The van der Waals surface area contributed by atoms with Gasteiger partial charge in [0.1, 0.15) is 11.5 Å². The van der Waals surface area contributed by atoms with Crippen molar-refractivity contribution in [3.63, 3.8) is 0 Å². The monoisotopic (exact) mass is 390 g/mol. The van der Waals surface area contributed by atoms with Crippen molar-refractivity contribution >= 4 is 28.3 Å². The minimum Gasteiger partial charge on any atom is -0.497 e. The lowest BCUT2D eigenvalue weighted by atomic mass is 10.1. The van der Waals surface area contributed by atoms with E-state index in [-0.39, 0.29) is 18.2 Å². The van der Waals surface area contributed by atoms with Gasteiger partial charge in [-0.1, -0.05) is 30.3 Å². The Morgan fingerprint density at radius 3 is 2.69 bits per heavy atom. The largest absolute Gasteiger partial charge is 0.497 e. The van der Waals surface area contributed by atoms with Crippen LogP contribution in [-0.2, 0) is 16.1 Å². The first-order valence-electron chi connectivity index (χ1n) is 9.40. The van der Waals surface area contributed by atoms with Gasteiger partial charge in [0.05, 0.1) is 19.2 Å². The Balaban J connectivity index is 1.42. The van der Waals surface area contributed by atoms with Crippen molar-refractivity contribution in [2.45, 2.75) is 19.1 Å². The molecule has 0 aliphatic carbocycles. The second-order valence-electron chi connectivity index (χ2n) is 7.09. The van der Waals surface area contributed by atoms with Gasteiger partial charge in [0.2, 0.25) is 5.91 Å². The molecule has 1 heterocycles. The van der Waals surface area contributed by atoms with Crippen LogP contribution in [0.2, 0.25) is 0 Å². The van der Waals surface area contributed by atoms with Crippen LogP contribution in [0, 0.1) is 0 Å². The fourth-order valence-corrected chi connectivity index (χ4v) is 3.40. The number of amides is 2. The molecule has 3 aromatic rings. The molecule has 0 bridgehead atoms. The number of anilines is 1. The zero-order valence-electron chi connectivity index (χ0n) is 16.3. The molecule has 0 aromatic heterocycles. The lowest BCUT2D eigenvalue weighted by molar-refractivity contribution is -0.136. The highest BCUT2D eigenvalue weighted by atomic mass is 16.5. The fourth-order valence-electron chi connectivity index (χ4n) is 3.40. The van der Waals surface area contributed by atoms with Gasteiger partial charge in [-0.2, -0.15) is 0 Å². The number of nitrogens with zero attached hydrogens (tertiary/aromatic N) is 1. The Bertz CT molecular complexity index is 1080. The van der Waals surface area contributed by atoms with Crippen molar-refractivity contribution in [3.8, 4) is 11.5 Å². The van der Waals surface area contributed by atoms with Gasteiger partial charge in [-0.15, -0.1) is 0 Å². The number of benzene rings is 3. The Morgan fingerprint density at radius 1 is 1.10 bits per heavy atom. The van der Waals surface area contributed by atoms with Gasteiger partial charge in [-0.25, -0.2) is 0 Å². The van der Waals surface area contributed by atoms with Crippen LogP contribution in [0.15, 0.2) is 60.7 Å². The number of methoxy groups -OCH3 is 1. The van der Waals surface area contributed by atoms with E-state index in [1.165, 1.54) is 0 Å². The van der Waals surface area contributed by atoms with Crippen molar-refractivity contribution in [2.24, 2.45) is 0 Å². The molecule has 0 spiro atoms. The number of rotatable bonds is 5. The maximum atomic E-state index is 12.7. The van der Waals surface area contributed by atoms with E-state index >= 15 is 0 Å². The second-order valence-corrected chi connectivity index (χ2v) is 7.09. The van der Waals surface area contributed by atoms with Crippen molar-refractivity contribution < 1.29 is 19.1 Å². The zero-order chi connectivity index (χ0) is 20.4. The Kier molecular flexibility index (Phi) is 5.08. The van der Waals surface area contributed by atoms with Crippen LogP contribution in [0.1, 0.15) is 12.0 Å². The van der Waals surface area contributed by atoms with E-state index < -0.39 is 6.10 Å². The molecule has 2 amide bonds. The van der Waals surface area contributed by atoms with E-state index in [9.17, 15) is 9.59 Å². The summed E-state index contributed by atoms with van der Waals surface area (Å²) in [6, 6.07) is 19.1. The average molecular weight is 390 g/mol. The maximum absolute atomic E-state index is 12.7. The van der Waals surface area contributed by atoms with Crippen molar-refractivity contribution in [2.75, 3.05) is 19.5 Å². The smallest absolute Gasteiger partial charge is 0.266 e. The number of hydrogen-bond acceptors (Lipinski definition) is 4. The van der Waals surface area contributed by atoms with Gasteiger partial charge in [-0.3, -0.25) is 9.59 Å². The third-order valence-electron chi connectivity index (χ3n) is 5.02. The van der Waals surface area contributed by atoms with Crippen LogP contribution in [0.3, 0.4) is 0 Å². The summed E-state index contributed by atoms with van der Waals surface area (Å²) < 4.78 is 11.0. The molecule has 0 unspecified atom stereocenters. The molecule has 0 fully saturated rings. The van der Waals surface area contributed by atoms with Crippen LogP contribution in [0.5, 0.6) is 11.5 Å². The second kappa shape index (κ2) is 7.83. The minimum atomic E-state index is -0.830. The summed E-state index contributed by atoms with van der Waals surface area (Å²) in [5.74, 6) is 0.937. The van der Waals surface area contributed by atoms with Crippen LogP contribution < -0.4 is 14.8 Å². The third-order valence-corrected chi connectivity index (χ3v) is 5.02. The standard InChI is InChI=1S/C23H22N2O4/c1-25(14-15-7-8-17-12-18(28-2)10-9-16(17)11-15)22(26)13-21-23(27)24-19-5-3-4-6-20(19)29-21/h3-12,21H,13-14H2,1-2H3,(H,24,27)/t21-/m1/s1. The van der Waals surface area contributed by atoms with Gasteiger partial charge in [0.15, 0.2) is 6.10 Å². The molecule has 6 heteroatoms.